The van der Waals surface area contributed by atoms with Gasteiger partial charge in [0.05, 0.1) is 26.2 Å². The van der Waals surface area contributed by atoms with Crippen molar-refractivity contribution in [3.63, 3.8) is 0 Å². The molecular formula is C10H16N2NiO8Zn. The van der Waals surface area contributed by atoms with Crippen LogP contribution in [-0.2, 0) is 55.1 Å². The summed E-state index contributed by atoms with van der Waals surface area (Å²) in [7, 11) is 0. The van der Waals surface area contributed by atoms with Crippen molar-refractivity contribution in [2.45, 2.75) is 0 Å². The first kappa shape index (κ1) is 25.8. The number of hydrogen-bond donors (Lipinski definition) is 4. The first-order chi connectivity index (χ1) is 9.20. The van der Waals surface area contributed by atoms with Crippen molar-refractivity contribution in [1.29, 1.82) is 0 Å². The van der Waals surface area contributed by atoms with Gasteiger partial charge < -0.3 is 20.4 Å². The Morgan fingerprint density at radius 2 is 0.773 bits per heavy atom. The van der Waals surface area contributed by atoms with Crippen LogP contribution >= 0.6 is 0 Å². The Labute approximate surface area is 148 Å². The second-order valence-electron chi connectivity index (χ2n) is 4.00. The van der Waals surface area contributed by atoms with Crippen molar-refractivity contribution in [2.24, 2.45) is 0 Å². The van der Waals surface area contributed by atoms with E-state index in [-0.39, 0.29) is 49.1 Å². The van der Waals surface area contributed by atoms with Crippen LogP contribution in [0, 0.1) is 0 Å². The molecule has 0 amide bonds. The van der Waals surface area contributed by atoms with Crippen LogP contribution in [0.15, 0.2) is 0 Å². The smallest absolute Gasteiger partial charge is 0.317 e. The number of carbonyl (C=O) groups is 4. The van der Waals surface area contributed by atoms with Crippen molar-refractivity contribution < 1.29 is 75.6 Å². The summed E-state index contributed by atoms with van der Waals surface area (Å²) in [4.78, 5) is 44.4. The second-order valence-corrected chi connectivity index (χ2v) is 4.00. The van der Waals surface area contributed by atoms with Gasteiger partial charge in [0.15, 0.2) is 0 Å². The largest absolute Gasteiger partial charge is 0.480 e. The molecule has 0 rings (SSSR count). The molecule has 22 heavy (non-hydrogen) atoms. The van der Waals surface area contributed by atoms with Gasteiger partial charge in [-0.05, 0) is 0 Å². The van der Waals surface area contributed by atoms with Crippen LogP contribution < -0.4 is 0 Å². The Morgan fingerprint density at radius 1 is 0.591 bits per heavy atom. The third kappa shape index (κ3) is 15.3. The Kier molecular flexibility index (Phi) is 15.9. The van der Waals surface area contributed by atoms with E-state index < -0.39 is 50.1 Å². The molecule has 0 spiro atoms. The molecule has 126 valence electrons. The topological polar surface area (TPSA) is 156 Å². The number of hydrogen-bond acceptors (Lipinski definition) is 6. The van der Waals surface area contributed by atoms with Gasteiger partial charge in [0.1, 0.15) is 0 Å². The molecule has 0 radical (unpaired) electrons. The summed E-state index contributed by atoms with van der Waals surface area (Å²) in [6, 6.07) is 0. The molecule has 10 nitrogen and oxygen atoms in total. The minimum Gasteiger partial charge on any atom is -0.480 e. The Morgan fingerprint density at radius 3 is 0.909 bits per heavy atom. The number of carboxylic acid groups (broad SMARTS) is 4. The molecule has 0 aromatic carbocycles. The third-order valence-corrected chi connectivity index (χ3v) is 2.17. The van der Waals surface area contributed by atoms with Crippen LogP contribution in [0.2, 0.25) is 0 Å². The number of carboxylic acids is 4. The summed E-state index contributed by atoms with van der Waals surface area (Å²) in [5.41, 5.74) is 0. The normalized spacial score (nSPS) is 9.73. The van der Waals surface area contributed by atoms with Crippen molar-refractivity contribution in [2.75, 3.05) is 39.3 Å². The van der Waals surface area contributed by atoms with E-state index in [9.17, 15) is 19.2 Å². The number of nitrogens with zero attached hydrogens (tertiary/aromatic N) is 2. The minimum atomic E-state index is -1.23. The van der Waals surface area contributed by atoms with Crippen molar-refractivity contribution in [3.8, 4) is 0 Å². The average Bonchev–Trinajstić information content (AvgIpc) is 2.22. The molecule has 4 N–H and O–H groups in total. The minimum absolute atomic E-state index is 0. The Hall–Kier alpha value is -1.08. The SMILES string of the molecule is O=C(O)CN(CCN(CC(=O)O)CC(=O)O)CC(=O)O.[Ni].[Zn]. The fourth-order valence-electron chi connectivity index (χ4n) is 1.48. The maximum Gasteiger partial charge on any atom is 0.317 e. The van der Waals surface area contributed by atoms with E-state index in [4.69, 9.17) is 20.4 Å². The van der Waals surface area contributed by atoms with Crippen LogP contribution in [0.25, 0.3) is 0 Å². The van der Waals surface area contributed by atoms with Gasteiger partial charge >= 0.3 is 23.9 Å². The molecular weight excluding hydrogens is 400 g/mol. The second kappa shape index (κ2) is 13.6. The first-order valence-electron chi connectivity index (χ1n) is 5.52. The first-order valence-corrected chi connectivity index (χ1v) is 5.52. The zero-order valence-corrected chi connectivity index (χ0v) is 15.5. The summed E-state index contributed by atoms with van der Waals surface area (Å²) < 4.78 is 0. The van der Waals surface area contributed by atoms with Gasteiger partial charge in [0.25, 0.3) is 0 Å². The molecule has 0 bridgehead atoms. The van der Waals surface area contributed by atoms with Gasteiger partial charge in [-0.2, -0.15) is 0 Å². The molecule has 12 heteroatoms. The Bertz CT molecular complexity index is 327. The van der Waals surface area contributed by atoms with Crippen LogP contribution in [0.4, 0.5) is 0 Å². The molecule has 0 heterocycles. The van der Waals surface area contributed by atoms with Gasteiger partial charge in [0.2, 0.25) is 0 Å². The molecule has 0 aliphatic rings. The van der Waals surface area contributed by atoms with E-state index >= 15 is 0 Å². The molecule has 0 saturated heterocycles. The molecule has 0 aliphatic carbocycles. The van der Waals surface area contributed by atoms with E-state index in [1.54, 1.807) is 0 Å². The summed E-state index contributed by atoms with van der Waals surface area (Å²) in [5, 5.41) is 34.5. The molecule has 0 aromatic heterocycles. The van der Waals surface area contributed by atoms with E-state index in [1.807, 2.05) is 0 Å². The summed E-state index contributed by atoms with van der Waals surface area (Å²) in [6.07, 6.45) is 0. The summed E-state index contributed by atoms with van der Waals surface area (Å²) in [6.45, 7) is -2.25. The predicted molar refractivity (Wildman–Crippen MR) is 63.4 cm³/mol. The number of rotatable bonds is 11. The van der Waals surface area contributed by atoms with Crippen LogP contribution in [0.1, 0.15) is 0 Å². The predicted octanol–water partition coefficient (Wildman–Crippen LogP) is -2.08. The monoisotopic (exact) mass is 414 g/mol. The van der Waals surface area contributed by atoms with Gasteiger partial charge in [-0.1, -0.05) is 0 Å². The zero-order valence-electron chi connectivity index (χ0n) is 11.6. The standard InChI is InChI=1S/C10H16N2O8.Ni.Zn/c13-7(14)3-11(4-8(15)16)1-2-12(5-9(17)18)6-10(19)20;;/h1-6H2,(H,13,14)(H,15,16)(H,17,18)(H,19,20);;. The molecule has 0 aliphatic heterocycles. The van der Waals surface area contributed by atoms with Gasteiger partial charge in [0, 0.05) is 49.1 Å². The molecule has 0 unspecified atom stereocenters. The maximum absolute atomic E-state index is 10.6. The van der Waals surface area contributed by atoms with E-state index in [0.29, 0.717) is 0 Å². The summed E-state index contributed by atoms with van der Waals surface area (Å²) >= 11 is 0. The fraction of sp³-hybridized carbons (Fsp3) is 0.600. The van der Waals surface area contributed by atoms with Crippen LogP contribution in [0.5, 0.6) is 0 Å². The third-order valence-electron chi connectivity index (χ3n) is 2.17. The van der Waals surface area contributed by atoms with E-state index in [2.05, 4.69) is 0 Å². The average molecular weight is 416 g/mol. The van der Waals surface area contributed by atoms with E-state index in [1.165, 1.54) is 0 Å². The van der Waals surface area contributed by atoms with Gasteiger partial charge in [-0.15, -0.1) is 0 Å². The van der Waals surface area contributed by atoms with Crippen molar-refractivity contribution in [1.82, 2.24) is 9.80 Å². The van der Waals surface area contributed by atoms with Crippen molar-refractivity contribution in [3.05, 3.63) is 0 Å². The zero-order chi connectivity index (χ0) is 15.7. The maximum atomic E-state index is 10.6. The summed E-state index contributed by atoms with van der Waals surface area (Å²) in [5.74, 6) is -4.91. The van der Waals surface area contributed by atoms with Crippen LogP contribution in [-0.4, -0.2) is 93.4 Å². The molecule has 0 fully saturated rings. The molecule has 0 aromatic rings. The van der Waals surface area contributed by atoms with Crippen LogP contribution in [0.3, 0.4) is 0 Å². The van der Waals surface area contributed by atoms with E-state index in [0.717, 1.165) is 9.80 Å². The fourth-order valence-corrected chi connectivity index (χ4v) is 1.48. The van der Waals surface area contributed by atoms with Gasteiger partial charge in [-0.25, -0.2) is 0 Å². The van der Waals surface area contributed by atoms with Gasteiger partial charge in [-0.3, -0.25) is 29.0 Å². The quantitative estimate of drug-likeness (QED) is 0.276. The van der Waals surface area contributed by atoms with Crippen molar-refractivity contribution >= 4 is 23.9 Å². The Balaban J connectivity index is -0.00000180. The molecule has 0 atom stereocenters. The molecule has 0 saturated carbocycles. The number of aliphatic carboxylic acids is 4.